The van der Waals surface area contributed by atoms with Gasteiger partial charge in [0.05, 0.1) is 37.0 Å². The average Bonchev–Trinajstić information content (AvgIpc) is 3.18. The predicted octanol–water partition coefficient (Wildman–Crippen LogP) is 5.54. The van der Waals surface area contributed by atoms with Crippen LogP contribution in [0.5, 0.6) is 17.2 Å². The normalized spacial score (nSPS) is 16.5. The van der Waals surface area contributed by atoms with Crippen LogP contribution in [0.3, 0.4) is 0 Å². The summed E-state index contributed by atoms with van der Waals surface area (Å²) in [6.07, 6.45) is 3.27. The summed E-state index contributed by atoms with van der Waals surface area (Å²) in [4.78, 5) is 32.5. The van der Waals surface area contributed by atoms with E-state index < -0.39 is 17.7 Å². The number of rotatable bonds is 11. The van der Waals surface area contributed by atoms with Crippen molar-refractivity contribution >= 4 is 17.4 Å². The first-order chi connectivity index (χ1) is 18.8. The molecule has 1 aliphatic heterocycles. The minimum Gasteiger partial charge on any atom is -0.507 e. The second-order valence-corrected chi connectivity index (χ2v) is 9.58. The van der Waals surface area contributed by atoms with Crippen molar-refractivity contribution < 1.29 is 28.9 Å². The zero-order chi connectivity index (χ0) is 27.9. The minimum atomic E-state index is -0.846. The van der Waals surface area contributed by atoms with Gasteiger partial charge in [-0.2, -0.15) is 0 Å². The third kappa shape index (κ3) is 6.22. The van der Waals surface area contributed by atoms with E-state index in [2.05, 4.69) is 18.8 Å². The van der Waals surface area contributed by atoms with E-state index in [0.717, 1.165) is 5.56 Å². The van der Waals surface area contributed by atoms with Crippen molar-refractivity contribution in [1.29, 1.82) is 0 Å². The van der Waals surface area contributed by atoms with Gasteiger partial charge in [0.15, 0.2) is 0 Å². The first kappa shape index (κ1) is 27.7. The van der Waals surface area contributed by atoms with Crippen LogP contribution >= 0.6 is 0 Å². The lowest BCUT2D eigenvalue weighted by molar-refractivity contribution is -0.140. The highest BCUT2D eigenvalue weighted by Crippen LogP contribution is 2.43. The molecule has 1 N–H and O–H groups in total. The molecule has 1 fully saturated rings. The lowest BCUT2D eigenvalue weighted by atomic mass is 9.94. The number of hydrogen-bond donors (Lipinski definition) is 1. The second-order valence-electron chi connectivity index (χ2n) is 9.58. The van der Waals surface area contributed by atoms with Crippen LogP contribution in [0.2, 0.25) is 0 Å². The molecule has 3 aromatic rings. The molecule has 39 heavy (non-hydrogen) atoms. The molecule has 1 aliphatic rings. The molecule has 204 valence electrons. The van der Waals surface area contributed by atoms with Crippen molar-refractivity contribution in [2.45, 2.75) is 40.3 Å². The Morgan fingerprint density at radius 3 is 2.36 bits per heavy atom. The molecule has 0 radical (unpaired) electrons. The van der Waals surface area contributed by atoms with Gasteiger partial charge in [-0.1, -0.05) is 26.0 Å². The van der Waals surface area contributed by atoms with Crippen molar-refractivity contribution in [2.75, 3.05) is 19.8 Å². The molecule has 4 rings (SSSR count). The van der Waals surface area contributed by atoms with Gasteiger partial charge in [-0.3, -0.25) is 14.6 Å². The number of amides is 1. The number of aliphatic hydroxyl groups is 1. The summed E-state index contributed by atoms with van der Waals surface area (Å²) in [5.41, 5.74) is 1.75. The molecule has 1 aromatic heterocycles. The Balaban J connectivity index is 1.86. The number of hydrogen-bond acceptors (Lipinski definition) is 7. The summed E-state index contributed by atoms with van der Waals surface area (Å²) < 4.78 is 17.3. The number of likely N-dealkylation sites (tertiary alicyclic amines) is 1. The molecular formula is C31H34N2O6. The van der Waals surface area contributed by atoms with Gasteiger partial charge in [0.2, 0.25) is 0 Å². The van der Waals surface area contributed by atoms with Gasteiger partial charge in [0, 0.05) is 25.0 Å². The largest absolute Gasteiger partial charge is 0.507 e. The molecule has 0 spiro atoms. The number of pyridine rings is 1. The summed E-state index contributed by atoms with van der Waals surface area (Å²) in [7, 11) is 0. The molecule has 1 saturated heterocycles. The summed E-state index contributed by atoms with van der Waals surface area (Å²) in [6.45, 7) is 9.29. The highest BCUT2D eigenvalue weighted by atomic mass is 16.5. The molecule has 0 saturated carbocycles. The second kappa shape index (κ2) is 12.5. The summed E-state index contributed by atoms with van der Waals surface area (Å²) >= 11 is 0. The van der Waals surface area contributed by atoms with Crippen LogP contribution in [0.15, 0.2) is 72.6 Å². The summed E-state index contributed by atoms with van der Waals surface area (Å²) in [5.74, 6) is 0.0911. The Morgan fingerprint density at radius 2 is 1.67 bits per heavy atom. The molecule has 1 unspecified atom stereocenters. The lowest BCUT2D eigenvalue weighted by Gasteiger charge is -2.26. The van der Waals surface area contributed by atoms with Crippen LogP contribution in [-0.2, 0) is 16.1 Å². The fourth-order valence-corrected chi connectivity index (χ4v) is 4.49. The third-order valence-corrected chi connectivity index (χ3v) is 6.22. The number of benzene rings is 2. The number of aromatic nitrogens is 1. The maximum Gasteiger partial charge on any atom is 0.295 e. The zero-order valence-corrected chi connectivity index (χ0v) is 22.7. The van der Waals surface area contributed by atoms with Crippen LogP contribution in [-0.4, -0.2) is 46.5 Å². The predicted molar refractivity (Wildman–Crippen MR) is 148 cm³/mol. The number of ether oxygens (including phenoxy) is 3. The maximum absolute atomic E-state index is 13.5. The van der Waals surface area contributed by atoms with Gasteiger partial charge in [-0.15, -0.1) is 0 Å². The number of carbonyl (C=O) groups excluding carboxylic acids is 2. The third-order valence-electron chi connectivity index (χ3n) is 6.22. The number of nitrogens with zero attached hydrogens (tertiary/aromatic N) is 2. The topological polar surface area (TPSA) is 98.2 Å². The van der Waals surface area contributed by atoms with E-state index in [4.69, 9.17) is 14.2 Å². The first-order valence-electron chi connectivity index (χ1n) is 13.1. The number of Topliss-reactive ketones (excluding diaryl/α,β-unsaturated/α-hetero) is 1. The summed E-state index contributed by atoms with van der Waals surface area (Å²) in [6, 6.07) is 15.0. The van der Waals surface area contributed by atoms with E-state index in [-0.39, 0.29) is 17.9 Å². The number of aliphatic hydroxyl groups excluding tert-OH is 1. The quantitative estimate of drug-likeness (QED) is 0.198. The Morgan fingerprint density at radius 1 is 0.949 bits per heavy atom. The molecule has 1 atom stereocenters. The molecule has 1 amide bonds. The smallest absolute Gasteiger partial charge is 0.295 e. The molecule has 2 aromatic carbocycles. The van der Waals surface area contributed by atoms with Crippen LogP contribution in [0.25, 0.3) is 5.76 Å². The standard InChI is InChI=1S/C31H34N2O6/c1-5-37-24-10-11-25(26(17-24)38-6-2)29(34)27-28(22-8-7-9-23(16-22)39-19-20(3)4)33(31(36)30(27)35)18-21-12-14-32-15-13-21/h7-17,20,28,34H,5-6,18-19H2,1-4H3/b29-27+. The van der Waals surface area contributed by atoms with Crippen molar-refractivity contribution in [1.82, 2.24) is 9.88 Å². The van der Waals surface area contributed by atoms with Crippen LogP contribution < -0.4 is 14.2 Å². The van der Waals surface area contributed by atoms with Gasteiger partial charge in [0.25, 0.3) is 11.7 Å². The average molecular weight is 531 g/mol. The van der Waals surface area contributed by atoms with E-state index in [0.29, 0.717) is 54.1 Å². The summed E-state index contributed by atoms with van der Waals surface area (Å²) in [5, 5.41) is 11.6. The highest BCUT2D eigenvalue weighted by molar-refractivity contribution is 6.46. The Labute approximate surface area is 228 Å². The van der Waals surface area contributed by atoms with Crippen LogP contribution in [0, 0.1) is 5.92 Å². The van der Waals surface area contributed by atoms with Crippen molar-refractivity contribution in [2.24, 2.45) is 5.92 Å². The zero-order valence-electron chi connectivity index (χ0n) is 22.7. The first-order valence-corrected chi connectivity index (χ1v) is 13.1. The molecule has 0 aliphatic carbocycles. The Bertz CT molecular complexity index is 1350. The fraction of sp³-hybridized carbons (Fsp3) is 0.323. The van der Waals surface area contributed by atoms with Crippen molar-refractivity contribution in [3.05, 3.63) is 89.3 Å². The number of carbonyl (C=O) groups is 2. The molecule has 0 bridgehead atoms. The molecule has 8 heteroatoms. The van der Waals surface area contributed by atoms with E-state index in [1.807, 2.05) is 38.1 Å². The molecular weight excluding hydrogens is 496 g/mol. The maximum atomic E-state index is 13.5. The van der Waals surface area contributed by atoms with Gasteiger partial charge in [-0.05, 0) is 67.3 Å². The van der Waals surface area contributed by atoms with Crippen LogP contribution in [0.4, 0.5) is 0 Å². The fourth-order valence-electron chi connectivity index (χ4n) is 4.49. The van der Waals surface area contributed by atoms with Crippen molar-refractivity contribution in [3.8, 4) is 17.2 Å². The number of ketones is 1. The van der Waals surface area contributed by atoms with Crippen LogP contribution in [0.1, 0.15) is 50.4 Å². The minimum absolute atomic E-state index is 0.0137. The SMILES string of the molecule is CCOc1ccc(/C(O)=C2\C(=O)C(=O)N(Cc3ccncc3)C2c2cccc(OCC(C)C)c2)c(OCC)c1. The Hall–Kier alpha value is -4.33. The van der Waals surface area contributed by atoms with Gasteiger partial charge >= 0.3 is 0 Å². The van der Waals surface area contributed by atoms with Gasteiger partial charge < -0.3 is 24.2 Å². The molecule has 8 nitrogen and oxygen atoms in total. The van der Waals surface area contributed by atoms with Gasteiger partial charge in [0.1, 0.15) is 23.0 Å². The lowest BCUT2D eigenvalue weighted by Crippen LogP contribution is -2.29. The van der Waals surface area contributed by atoms with Gasteiger partial charge in [-0.25, -0.2) is 0 Å². The van der Waals surface area contributed by atoms with E-state index in [9.17, 15) is 14.7 Å². The Kier molecular flexibility index (Phi) is 8.86. The molecule has 2 heterocycles. The highest BCUT2D eigenvalue weighted by Gasteiger charge is 2.46. The monoisotopic (exact) mass is 530 g/mol. The van der Waals surface area contributed by atoms with E-state index >= 15 is 0 Å². The van der Waals surface area contributed by atoms with E-state index in [1.165, 1.54) is 4.90 Å². The van der Waals surface area contributed by atoms with Crippen molar-refractivity contribution in [3.63, 3.8) is 0 Å². The van der Waals surface area contributed by atoms with E-state index in [1.54, 1.807) is 42.7 Å².